The lowest BCUT2D eigenvalue weighted by Crippen LogP contribution is -2.32. The van der Waals surface area contributed by atoms with Gasteiger partial charge in [-0.2, -0.15) is 0 Å². The van der Waals surface area contributed by atoms with Gasteiger partial charge in [-0.15, -0.1) is 0 Å². The highest BCUT2D eigenvalue weighted by atomic mass is 19.1. The summed E-state index contributed by atoms with van der Waals surface area (Å²) in [5, 5.41) is 11.8. The second-order valence-corrected chi connectivity index (χ2v) is 4.06. The average Bonchev–Trinajstić information content (AvgIpc) is 2.60. The minimum absolute atomic E-state index is 0.213. The fraction of sp³-hybridized carbons (Fsp3) is 0.250. The van der Waals surface area contributed by atoms with Gasteiger partial charge in [0.25, 0.3) is 0 Å². The highest BCUT2D eigenvalue weighted by molar-refractivity contribution is 5.83. The monoisotopic (exact) mass is 236 g/mol. The summed E-state index contributed by atoms with van der Waals surface area (Å²) in [4.78, 5) is 13.5. The molecule has 1 amide bonds. The van der Waals surface area contributed by atoms with Crippen molar-refractivity contribution in [2.24, 2.45) is 0 Å². The SMILES string of the molecule is CC(Cc1c[nH]c2ccc(F)cc12)NC(=O)O. The minimum atomic E-state index is -1.05. The van der Waals surface area contributed by atoms with Crippen LogP contribution < -0.4 is 5.32 Å². The standard InChI is InChI=1S/C12H13FN2O2/c1-7(15-12(16)17)4-8-6-14-11-3-2-9(13)5-10(8)11/h2-3,5-7,14-15H,4H2,1H3,(H,16,17). The zero-order valence-corrected chi connectivity index (χ0v) is 9.33. The maximum absolute atomic E-state index is 13.1. The first-order chi connectivity index (χ1) is 8.06. The molecule has 0 bridgehead atoms. The third kappa shape index (κ3) is 2.55. The van der Waals surface area contributed by atoms with E-state index in [4.69, 9.17) is 5.11 Å². The number of aromatic nitrogens is 1. The second-order valence-electron chi connectivity index (χ2n) is 4.06. The summed E-state index contributed by atoms with van der Waals surface area (Å²) in [6.07, 6.45) is 1.25. The van der Waals surface area contributed by atoms with E-state index >= 15 is 0 Å². The van der Waals surface area contributed by atoms with Crippen LogP contribution in [0.25, 0.3) is 10.9 Å². The molecule has 0 saturated heterocycles. The van der Waals surface area contributed by atoms with Crippen LogP contribution in [0.15, 0.2) is 24.4 Å². The fourth-order valence-electron chi connectivity index (χ4n) is 1.91. The van der Waals surface area contributed by atoms with E-state index in [1.807, 2.05) is 0 Å². The van der Waals surface area contributed by atoms with Crippen molar-refractivity contribution in [3.63, 3.8) is 0 Å². The van der Waals surface area contributed by atoms with Crippen LogP contribution in [0.5, 0.6) is 0 Å². The van der Waals surface area contributed by atoms with Crippen molar-refractivity contribution < 1.29 is 14.3 Å². The van der Waals surface area contributed by atoms with E-state index in [0.717, 1.165) is 16.5 Å². The van der Waals surface area contributed by atoms with Crippen molar-refractivity contribution in [1.82, 2.24) is 10.3 Å². The lowest BCUT2D eigenvalue weighted by atomic mass is 10.1. The molecule has 2 aromatic rings. The van der Waals surface area contributed by atoms with Crippen LogP contribution in [0, 0.1) is 5.82 Å². The maximum atomic E-state index is 13.1. The molecule has 1 atom stereocenters. The largest absolute Gasteiger partial charge is 0.465 e. The fourth-order valence-corrected chi connectivity index (χ4v) is 1.91. The zero-order valence-electron chi connectivity index (χ0n) is 9.33. The van der Waals surface area contributed by atoms with Gasteiger partial charge in [0.15, 0.2) is 0 Å². The van der Waals surface area contributed by atoms with E-state index in [9.17, 15) is 9.18 Å². The number of aromatic amines is 1. The van der Waals surface area contributed by atoms with E-state index in [2.05, 4.69) is 10.3 Å². The molecule has 0 fully saturated rings. The van der Waals surface area contributed by atoms with Crippen molar-refractivity contribution in [1.29, 1.82) is 0 Å². The average molecular weight is 236 g/mol. The number of fused-ring (bicyclic) bond motifs is 1. The number of carbonyl (C=O) groups is 1. The molecule has 0 aliphatic rings. The quantitative estimate of drug-likeness (QED) is 0.766. The topological polar surface area (TPSA) is 65.1 Å². The van der Waals surface area contributed by atoms with Crippen LogP contribution in [0.2, 0.25) is 0 Å². The Morgan fingerprint density at radius 1 is 1.59 bits per heavy atom. The van der Waals surface area contributed by atoms with Gasteiger partial charge in [0, 0.05) is 23.1 Å². The molecule has 0 radical (unpaired) electrons. The van der Waals surface area contributed by atoms with Crippen molar-refractivity contribution in [2.75, 3.05) is 0 Å². The van der Waals surface area contributed by atoms with Gasteiger partial charge in [-0.3, -0.25) is 0 Å². The predicted octanol–water partition coefficient (Wildman–Crippen LogP) is 2.51. The summed E-state index contributed by atoms with van der Waals surface area (Å²) in [6.45, 7) is 1.77. The molecule has 3 N–H and O–H groups in total. The Kier molecular flexibility index (Phi) is 2.99. The maximum Gasteiger partial charge on any atom is 0.404 e. The molecule has 0 saturated carbocycles. The Bertz CT molecular complexity index is 550. The van der Waals surface area contributed by atoms with Crippen molar-refractivity contribution in [2.45, 2.75) is 19.4 Å². The van der Waals surface area contributed by atoms with Crippen molar-refractivity contribution in [3.05, 3.63) is 35.8 Å². The first-order valence-corrected chi connectivity index (χ1v) is 5.31. The van der Waals surface area contributed by atoms with E-state index < -0.39 is 6.09 Å². The van der Waals surface area contributed by atoms with Gasteiger partial charge in [0.1, 0.15) is 5.82 Å². The Morgan fingerprint density at radius 3 is 3.06 bits per heavy atom. The Balaban J connectivity index is 2.24. The lowest BCUT2D eigenvalue weighted by Gasteiger charge is -2.10. The van der Waals surface area contributed by atoms with Gasteiger partial charge in [-0.05, 0) is 37.1 Å². The van der Waals surface area contributed by atoms with Crippen LogP contribution in [0.1, 0.15) is 12.5 Å². The third-order valence-corrected chi connectivity index (χ3v) is 2.63. The molecule has 0 spiro atoms. The molecular weight excluding hydrogens is 223 g/mol. The van der Waals surface area contributed by atoms with Crippen LogP contribution >= 0.6 is 0 Å². The van der Waals surface area contributed by atoms with Gasteiger partial charge >= 0.3 is 6.09 Å². The minimum Gasteiger partial charge on any atom is -0.465 e. The molecule has 1 aromatic heterocycles. The summed E-state index contributed by atoms with van der Waals surface area (Å²) in [5.41, 5.74) is 1.75. The van der Waals surface area contributed by atoms with Gasteiger partial charge in [-0.25, -0.2) is 9.18 Å². The Labute approximate surface area is 97.5 Å². The van der Waals surface area contributed by atoms with Crippen molar-refractivity contribution in [3.8, 4) is 0 Å². The smallest absolute Gasteiger partial charge is 0.404 e. The van der Waals surface area contributed by atoms with Crippen LogP contribution in [0.3, 0.4) is 0 Å². The van der Waals surface area contributed by atoms with Crippen LogP contribution in [-0.4, -0.2) is 22.2 Å². The van der Waals surface area contributed by atoms with E-state index in [-0.39, 0.29) is 11.9 Å². The summed E-state index contributed by atoms with van der Waals surface area (Å²) >= 11 is 0. The first kappa shape index (κ1) is 11.4. The zero-order chi connectivity index (χ0) is 12.4. The van der Waals surface area contributed by atoms with Gasteiger partial charge in [-0.1, -0.05) is 0 Å². The van der Waals surface area contributed by atoms with E-state index in [1.165, 1.54) is 12.1 Å². The number of nitrogens with one attached hydrogen (secondary N) is 2. The van der Waals surface area contributed by atoms with Gasteiger partial charge < -0.3 is 15.4 Å². The number of hydrogen-bond acceptors (Lipinski definition) is 1. The summed E-state index contributed by atoms with van der Waals surface area (Å²) in [7, 11) is 0. The Morgan fingerprint density at radius 2 is 2.35 bits per heavy atom. The number of hydrogen-bond donors (Lipinski definition) is 3. The summed E-state index contributed by atoms with van der Waals surface area (Å²) < 4.78 is 13.1. The summed E-state index contributed by atoms with van der Waals surface area (Å²) in [6, 6.07) is 4.30. The number of carboxylic acid groups (broad SMARTS) is 1. The van der Waals surface area contributed by atoms with Crippen molar-refractivity contribution >= 4 is 17.0 Å². The molecule has 1 aromatic carbocycles. The molecule has 90 valence electrons. The molecule has 5 heteroatoms. The molecule has 1 heterocycles. The lowest BCUT2D eigenvalue weighted by molar-refractivity contribution is 0.190. The van der Waals surface area contributed by atoms with E-state index in [1.54, 1.807) is 19.2 Å². The van der Waals surface area contributed by atoms with Crippen LogP contribution in [-0.2, 0) is 6.42 Å². The number of H-pyrrole nitrogens is 1. The van der Waals surface area contributed by atoms with E-state index in [0.29, 0.717) is 6.42 Å². The summed E-state index contributed by atoms with van der Waals surface area (Å²) in [5.74, 6) is -0.294. The molecule has 2 rings (SSSR count). The molecule has 1 unspecified atom stereocenters. The van der Waals surface area contributed by atoms with Gasteiger partial charge in [0.05, 0.1) is 0 Å². The highest BCUT2D eigenvalue weighted by Gasteiger charge is 2.10. The van der Waals surface area contributed by atoms with Crippen LogP contribution in [0.4, 0.5) is 9.18 Å². The Hall–Kier alpha value is -2.04. The molecular formula is C12H13FN2O2. The molecule has 0 aliphatic carbocycles. The number of rotatable bonds is 3. The van der Waals surface area contributed by atoms with Gasteiger partial charge in [0.2, 0.25) is 0 Å². The normalized spacial score (nSPS) is 12.6. The molecule has 4 nitrogen and oxygen atoms in total. The number of halogens is 1. The highest BCUT2D eigenvalue weighted by Crippen LogP contribution is 2.20. The first-order valence-electron chi connectivity index (χ1n) is 5.31. The third-order valence-electron chi connectivity index (χ3n) is 2.63. The predicted molar refractivity (Wildman–Crippen MR) is 62.6 cm³/mol. The second kappa shape index (κ2) is 4.45. The molecule has 17 heavy (non-hydrogen) atoms. The molecule has 0 aliphatic heterocycles. The number of benzene rings is 1. The number of amides is 1.